The summed E-state index contributed by atoms with van der Waals surface area (Å²) in [5.74, 6) is 0.387. The fourth-order valence-corrected chi connectivity index (χ4v) is 4.53. The zero-order valence-electron chi connectivity index (χ0n) is 21.0. The van der Waals surface area contributed by atoms with Gasteiger partial charge in [0, 0.05) is 30.5 Å². The van der Waals surface area contributed by atoms with E-state index in [1.54, 1.807) is 13.1 Å². The number of carbonyl (C=O) groups is 1. The van der Waals surface area contributed by atoms with Gasteiger partial charge in [0.25, 0.3) is 11.5 Å². The second-order valence-corrected chi connectivity index (χ2v) is 10.2. The number of hydrogen-bond acceptors (Lipinski definition) is 5. The van der Waals surface area contributed by atoms with Crippen molar-refractivity contribution in [3.8, 4) is 11.3 Å². The van der Waals surface area contributed by atoms with Crippen molar-refractivity contribution < 1.29 is 9.53 Å². The molecule has 0 saturated carbocycles. The molecular weight excluding hydrogens is 454 g/mol. The van der Waals surface area contributed by atoms with Crippen LogP contribution in [0, 0.1) is 0 Å². The number of anilines is 1. The molecule has 8 nitrogen and oxygen atoms in total. The molecule has 5 rings (SSSR count). The van der Waals surface area contributed by atoms with Gasteiger partial charge in [0.1, 0.15) is 0 Å². The van der Waals surface area contributed by atoms with Gasteiger partial charge in [0.2, 0.25) is 5.95 Å². The number of amides is 1. The maximum atomic E-state index is 13.1. The summed E-state index contributed by atoms with van der Waals surface area (Å²) in [5, 5.41) is 6.88. The first-order valence-electron chi connectivity index (χ1n) is 12.1. The largest absolute Gasteiger partial charge is 0.377 e. The Labute approximate surface area is 209 Å². The van der Waals surface area contributed by atoms with Crippen LogP contribution in [0.2, 0.25) is 0 Å². The van der Waals surface area contributed by atoms with Crippen molar-refractivity contribution in [2.75, 3.05) is 11.9 Å². The zero-order chi connectivity index (χ0) is 25.4. The standard InChI is InChI=1S/C28H31N5O3/c1-28(2,3)32-27-31-23-18(11-8-12-19(23)26(35)33(27)4)22-15-20-24(29-22)21(30-25(20)34)13-14-36-16-17-9-6-5-7-10-17/h5-12,15,21,29H,13-14,16H2,1-4H3,(H,30,34)(H,31,32). The van der Waals surface area contributed by atoms with Crippen LogP contribution >= 0.6 is 0 Å². The Morgan fingerprint density at radius 1 is 1.06 bits per heavy atom. The molecule has 0 saturated heterocycles. The molecule has 3 heterocycles. The summed E-state index contributed by atoms with van der Waals surface area (Å²) in [6, 6.07) is 17.3. The van der Waals surface area contributed by atoms with Gasteiger partial charge in [-0.3, -0.25) is 14.2 Å². The van der Waals surface area contributed by atoms with Crippen LogP contribution in [0.5, 0.6) is 0 Å². The van der Waals surface area contributed by atoms with E-state index in [4.69, 9.17) is 9.72 Å². The minimum Gasteiger partial charge on any atom is -0.377 e. The molecule has 1 atom stereocenters. The van der Waals surface area contributed by atoms with E-state index < -0.39 is 0 Å². The van der Waals surface area contributed by atoms with Gasteiger partial charge in [0.05, 0.1) is 34.8 Å². The number of para-hydroxylation sites is 1. The highest BCUT2D eigenvalue weighted by molar-refractivity contribution is 6.01. The number of H-pyrrole nitrogens is 1. The summed E-state index contributed by atoms with van der Waals surface area (Å²) >= 11 is 0. The van der Waals surface area contributed by atoms with Crippen molar-refractivity contribution in [1.82, 2.24) is 19.9 Å². The van der Waals surface area contributed by atoms with Crippen molar-refractivity contribution in [3.05, 3.63) is 81.8 Å². The molecule has 1 amide bonds. The predicted molar refractivity (Wildman–Crippen MR) is 141 cm³/mol. The van der Waals surface area contributed by atoms with Crippen molar-refractivity contribution in [1.29, 1.82) is 0 Å². The Morgan fingerprint density at radius 2 is 1.83 bits per heavy atom. The van der Waals surface area contributed by atoms with Crippen molar-refractivity contribution in [2.45, 2.75) is 45.4 Å². The zero-order valence-corrected chi connectivity index (χ0v) is 21.0. The second kappa shape index (κ2) is 9.28. The Hall–Kier alpha value is -3.91. The van der Waals surface area contributed by atoms with Crippen molar-refractivity contribution in [2.24, 2.45) is 7.05 Å². The number of fused-ring (bicyclic) bond motifs is 2. The number of rotatable bonds is 7. The molecule has 1 aliphatic rings. The first-order valence-corrected chi connectivity index (χ1v) is 12.1. The predicted octanol–water partition coefficient (Wildman–Crippen LogP) is 4.53. The lowest BCUT2D eigenvalue weighted by Crippen LogP contribution is -2.32. The first kappa shape index (κ1) is 23.8. The van der Waals surface area contributed by atoms with Crippen LogP contribution in [0.3, 0.4) is 0 Å². The quantitative estimate of drug-likeness (QED) is 0.334. The van der Waals surface area contributed by atoms with Gasteiger partial charge in [-0.2, -0.15) is 0 Å². The molecule has 8 heteroatoms. The molecule has 0 spiro atoms. The van der Waals surface area contributed by atoms with Gasteiger partial charge in [0.15, 0.2) is 0 Å². The second-order valence-electron chi connectivity index (χ2n) is 10.2. The molecule has 2 aromatic heterocycles. The van der Waals surface area contributed by atoms with Crippen LogP contribution in [0.15, 0.2) is 59.4 Å². The molecular formula is C28H31N5O3. The highest BCUT2D eigenvalue weighted by Gasteiger charge is 2.31. The minimum atomic E-state index is -0.263. The molecule has 36 heavy (non-hydrogen) atoms. The molecule has 3 N–H and O–H groups in total. The lowest BCUT2D eigenvalue weighted by molar-refractivity contribution is 0.0922. The van der Waals surface area contributed by atoms with Crippen LogP contribution in [-0.2, 0) is 18.4 Å². The summed E-state index contributed by atoms with van der Waals surface area (Å²) in [5.41, 5.74) is 4.32. The van der Waals surface area contributed by atoms with E-state index in [2.05, 4.69) is 15.6 Å². The Morgan fingerprint density at radius 3 is 2.58 bits per heavy atom. The Kier molecular flexibility index (Phi) is 6.14. The third-order valence-electron chi connectivity index (χ3n) is 6.29. The summed E-state index contributed by atoms with van der Waals surface area (Å²) in [6.45, 7) is 7.11. The monoisotopic (exact) mass is 485 g/mol. The van der Waals surface area contributed by atoms with Crippen molar-refractivity contribution >= 4 is 22.8 Å². The van der Waals surface area contributed by atoms with Gasteiger partial charge in [-0.25, -0.2) is 4.98 Å². The summed E-state index contributed by atoms with van der Waals surface area (Å²) in [7, 11) is 1.72. The average Bonchev–Trinajstić information content (AvgIpc) is 3.40. The SMILES string of the molecule is Cn1c(NC(C)(C)C)nc2c(-c3cc4c([nH]3)C(CCOCc3ccccc3)NC4=O)cccc2c1=O. The number of aromatic nitrogens is 3. The lowest BCUT2D eigenvalue weighted by Gasteiger charge is -2.23. The first-order chi connectivity index (χ1) is 17.2. The average molecular weight is 486 g/mol. The molecule has 0 bridgehead atoms. The summed E-state index contributed by atoms with van der Waals surface area (Å²) < 4.78 is 7.37. The number of nitrogens with one attached hydrogen (secondary N) is 3. The van der Waals surface area contributed by atoms with Crippen LogP contribution in [0.25, 0.3) is 22.2 Å². The van der Waals surface area contributed by atoms with Crippen LogP contribution in [-0.4, -0.2) is 32.6 Å². The van der Waals surface area contributed by atoms with E-state index in [0.29, 0.717) is 42.0 Å². The van der Waals surface area contributed by atoms with Crippen LogP contribution in [0.1, 0.15) is 54.8 Å². The van der Waals surface area contributed by atoms with Gasteiger partial charge >= 0.3 is 0 Å². The summed E-state index contributed by atoms with van der Waals surface area (Å²) in [6.07, 6.45) is 0.652. The number of carbonyl (C=O) groups excluding carboxylic acids is 1. The molecule has 1 aliphatic heterocycles. The normalized spacial score (nSPS) is 15.2. The fraction of sp³-hybridized carbons (Fsp3) is 0.321. The molecule has 1 unspecified atom stereocenters. The van der Waals surface area contributed by atoms with E-state index >= 15 is 0 Å². The molecule has 2 aromatic carbocycles. The lowest BCUT2D eigenvalue weighted by atomic mass is 10.1. The Bertz CT molecular complexity index is 1480. The van der Waals surface area contributed by atoms with E-state index in [9.17, 15) is 9.59 Å². The molecule has 186 valence electrons. The van der Waals surface area contributed by atoms with E-state index in [1.165, 1.54) is 4.57 Å². The third-order valence-corrected chi connectivity index (χ3v) is 6.29. The third kappa shape index (κ3) is 4.64. The number of benzene rings is 2. The van der Waals surface area contributed by atoms with Crippen molar-refractivity contribution in [3.63, 3.8) is 0 Å². The maximum Gasteiger partial charge on any atom is 0.262 e. The number of nitrogens with zero attached hydrogens (tertiary/aromatic N) is 2. The van der Waals surface area contributed by atoms with E-state index in [-0.39, 0.29) is 23.0 Å². The molecule has 4 aromatic rings. The highest BCUT2D eigenvalue weighted by atomic mass is 16.5. The number of aromatic amines is 1. The maximum absolute atomic E-state index is 13.1. The van der Waals surface area contributed by atoms with Gasteiger partial charge < -0.3 is 20.4 Å². The van der Waals surface area contributed by atoms with E-state index in [1.807, 2.05) is 69.3 Å². The Balaban J connectivity index is 1.43. The number of hydrogen-bond donors (Lipinski definition) is 3. The van der Waals surface area contributed by atoms with Crippen LogP contribution in [0.4, 0.5) is 5.95 Å². The molecule has 0 radical (unpaired) electrons. The smallest absolute Gasteiger partial charge is 0.262 e. The molecule has 0 fully saturated rings. The van der Waals surface area contributed by atoms with Gasteiger partial charge in [-0.15, -0.1) is 0 Å². The minimum absolute atomic E-state index is 0.111. The fourth-order valence-electron chi connectivity index (χ4n) is 4.53. The highest BCUT2D eigenvalue weighted by Crippen LogP contribution is 2.34. The van der Waals surface area contributed by atoms with Gasteiger partial charge in [-0.05, 0) is 44.9 Å². The summed E-state index contributed by atoms with van der Waals surface area (Å²) in [4.78, 5) is 34.1. The topological polar surface area (TPSA) is 101 Å². The van der Waals surface area contributed by atoms with E-state index in [0.717, 1.165) is 22.5 Å². The van der Waals surface area contributed by atoms with Crippen LogP contribution < -0.4 is 16.2 Å². The van der Waals surface area contributed by atoms with Gasteiger partial charge in [-0.1, -0.05) is 42.5 Å². The number of ether oxygens (including phenoxy) is 1. The molecule has 0 aliphatic carbocycles.